The average molecular weight is 500 g/mol. The topological polar surface area (TPSA) is 88.6 Å². The van der Waals surface area contributed by atoms with Crippen LogP contribution in [0.1, 0.15) is 0 Å². The Morgan fingerprint density at radius 2 is 1.41 bits per heavy atom. The van der Waals surface area contributed by atoms with Crippen molar-refractivity contribution < 1.29 is 13.3 Å². The smallest absolute Gasteiger partial charge is 0.328 e. The maximum Gasteiger partial charge on any atom is 0.339 e. The molecule has 0 spiro atoms. The van der Waals surface area contributed by atoms with Crippen LogP contribution in [0, 0.1) is 11.6 Å². The molecule has 1 N–H and O–H groups in total. The first-order valence-corrected chi connectivity index (χ1v) is 12.2. The van der Waals surface area contributed by atoms with E-state index >= 15 is 0 Å². The second-order valence-electron chi connectivity index (χ2n) is 5.11. The Labute approximate surface area is 181 Å². The fourth-order valence-corrected chi connectivity index (χ4v) is 2.24. The Morgan fingerprint density at radius 3 is 2.00 bits per heavy atom. The van der Waals surface area contributed by atoms with Gasteiger partial charge in [0.2, 0.25) is 0 Å². The number of aromatic amines is 1. The fourth-order valence-electron chi connectivity index (χ4n) is 2.03. The van der Waals surface area contributed by atoms with Crippen LogP contribution in [-0.4, -0.2) is 19.9 Å². The van der Waals surface area contributed by atoms with Crippen LogP contribution in [0.2, 0.25) is 5.15 Å². The van der Waals surface area contributed by atoms with Gasteiger partial charge < -0.3 is 4.98 Å². The molecule has 0 bridgehead atoms. The van der Waals surface area contributed by atoms with Crippen LogP contribution in [0.3, 0.4) is 0 Å². The average Bonchev–Trinajstić information content (AvgIpc) is 2.63. The Bertz CT molecular complexity index is 1240. The second-order valence-corrected chi connectivity index (χ2v) is 12.1. The van der Waals surface area contributed by atoms with Crippen LogP contribution in [-0.2, 0) is 4.57 Å². The number of nitrogens with zero attached hydrogens (tertiary/aromatic N) is 3. The van der Waals surface area contributed by atoms with E-state index < -0.39 is 16.8 Å². The van der Waals surface area contributed by atoms with Crippen LogP contribution >= 0.6 is 50.5 Å². The summed E-state index contributed by atoms with van der Waals surface area (Å²) in [5.74, 6) is -0.906. The molecule has 0 saturated carbocycles. The molecule has 0 radical (unpaired) electrons. The third kappa shape index (κ3) is 7.84. The Balaban J connectivity index is 0.000000170. The van der Waals surface area contributed by atoms with Crippen molar-refractivity contribution in [3.63, 3.8) is 0 Å². The molecule has 4 heterocycles. The number of hydrogen-bond donors (Lipinski definition) is 1. The fraction of sp³-hybridized carbons (Fsp3) is 0. The van der Waals surface area contributed by atoms with E-state index in [0.717, 1.165) is 12.4 Å². The number of hydrogen-bond acceptors (Lipinski definition) is 5. The van der Waals surface area contributed by atoms with Crippen molar-refractivity contribution in [1.29, 1.82) is 0 Å². The molecular formula is C16H9Cl4F2N4O2P. The third-order valence-electron chi connectivity index (χ3n) is 3.11. The Morgan fingerprint density at radius 1 is 0.897 bits per heavy atom. The van der Waals surface area contributed by atoms with Gasteiger partial charge >= 0.3 is 5.20 Å². The van der Waals surface area contributed by atoms with Gasteiger partial charge in [0, 0.05) is 17.8 Å². The molecule has 6 nitrogen and oxygen atoms in total. The van der Waals surface area contributed by atoms with Gasteiger partial charge in [0.15, 0.2) is 0 Å². The summed E-state index contributed by atoms with van der Waals surface area (Å²) in [5.41, 5.74) is 0.830. The number of rotatable bonds is 0. The molecule has 152 valence electrons. The largest absolute Gasteiger partial charge is 0.339 e. The van der Waals surface area contributed by atoms with Crippen molar-refractivity contribution in [2.45, 2.75) is 0 Å². The molecule has 0 unspecified atom stereocenters. The van der Waals surface area contributed by atoms with Gasteiger partial charge in [-0.1, -0.05) is 11.6 Å². The van der Waals surface area contributed by atoms with E-state index in [1.165, 1.54) is 24.5 Å². The maximum atomic E-state index is 12.7. The van der Waals surface area contributed by atoms with E-state index in [0.29, 0.717) is 16.4 Å². The predicted molar refractivity (Wildman–Crippen MR) is 112 cm³/mol. The van der Waals surface area contributed by atoms with E-state index in [2.05, 4.69) is 53.7 Å². The molecule has 13 heteroatoms. The van der Waals surface area contributed by atoms with Crippen molar-refractivity contribution >= 4 is 72.3 Å². The maximum absolute atomic E-state index is 12.7. The number of nitrogens with one attached hydrogen (secondary N) is 1. The standard InChI is InChI=1S/C8H4ClFN2.C8H5FN2O.Cl3OP/c9-8-6-3-5(10)4-12-7(6)1-2-11-8;9-5-3-6-7(11-4-5)1-2-10-8(6)12;1-5(2,3)4/h1-4H;1-4H,(H,10,12);. The minimum Gasteiger partial charge on any atom is -0.328 e. The lowest BCUT2D eigenvalue weighted by Gasteiger charge is -1.96. The third-order valence-corrected chi connectivity index (χ3v) is 3.41. The van der Waals surface area contributed by atoms with Gasteiger partial charge in [-0.15, -0.1) is 0 Å². The molecule has 0 aromatic carbocycles. The van der Waals surface area contributed by atoms with Gasteiger partial charge in [-0.25, -0.2) is 13.8 Å². The quantitative estimate of drug-likeness (QED) is 0.226. The van der Waals surface area contributed by atoms with Crippen molar-refractivity contribution in [2.75, 3.05) is 0 Å². The van der Waals surface area contributed by atoms with Gasteiger partial charge in [-0.3, -0.25) is 19.3 Å². The highest BCUT2D eigenvalue weighted by Gasteiger charge is 2.03. The first-order chi connectivity index (χ1) is 13.5. The van der Waals surface area contributed by atoms with E-state index in [-0.39, 0.29) is 16.1 Å². The molecule has 0 aliphatic rings. The summed E-state index contributed by atoms with van der Waals surface area (Å²) in [5, 5.41) is -2.13. The first-order valence-electron chi connectivity index (χ1n) is 7.42. The van der Waals surface area contributed by atoms with Gasteiger partial charge in [0.25, 0.3) is 5.56 Å². The summed E-state index contributed by atoms with van der Waals surface area (Å²) in [6, 6.07) is 5.79. The summed E-state index contributed by atoms with van der Waals surface area (Å²) in [6.07, 6.45) is 5.26. The lowest BCUT2D eigenvalue weighted by Crippen LogP contribution is -2.05. The molecule has 29 heavy (non-hydrogen) atoms. The number of H-pyrrole nitrogens is 1. The van der Waals surface area contributed by atoms with Crippen LogP contribution < -0.4 is 5.56 Å². The monoisotopic (exact) mass is 498 g/mol. The molecule has 4 aromatic rings. The number of pyridine rings is 4. The summed E-state index contributed by atoms with van der Waals surface area (Å²) in [4.78, 5) is 24.9. The molecule has 0 aliphatic carbocycles. The van der Waals surface area contributed by atoms with Crippen LogP contribution in [0.5, 0.6) is 0 Å². The Hall–Kier alpha value is -1.83. The van der Waals surface area contributed by atoms with E-state index in [1.807, 2.05) is 0 Å². The molecule has 0 aliphatic heterocycles. The van der Waals surface area contributed by atoms with Crippen LogP contribution in [0.4, 0.5) is 8.78 Å². The molecule has 0 saturated heterocycles. The van der Waals surface area contributed by atoms with Gasteiger partial charge in [-0.2, -0.15) is 0 Å². The lowest BCUT2D eigenvalue weighted by atomic mass is 10.3. The molecule has 0 fully saturated rings. The summed E-state index contributed by atoms with van der Waals surface area (Å²) < 4.78 is 34.8. The number of aromatic nitrogens is 4. The molecule has 4 aromatic heterocycles. The van der Waals surface area contributed by atoms with Gasteiger partial charge in [0.05, 0.1) is 28.8 Å². The first kappa shape index (κ1) is 23.4. The van der Waals surface area contributed by atoms with Gasteiger partial charge in [0.1, 0.15) is 16.8 Å². The zero-order valence-electron chi connectivity index (χ0n) is 14.0. The van der Waals surface area contributed by atoms with Crippen LogP contribution in [0.25, 0.3) is 21.8 Å². The molecule has 0 amide bonds. The van der Waals surface area contributed by atoms with Gasteiger partial charge in [-0.05, 0) is 58.0 Å². The van der Waals surface area contributed by atoms with E-state index in [4.69, 9.17) is 11.6 Å². The highest BCUT2D eigenvalue weighted by atomic mass is 36.0. The Kier molecular flexibility index (Phi) is 8.31. The number of halogens is 6. The van der Waals surface area contributed by atoms with E-state index in [1.54, 1.807) is 12.1 Å². The van der Waals surface area contributed by atoms with Crippen molar-refractivity contribution in [3.8, 4) is 0 Å². The molecule has 4 rings (SSSR count). The van der Waals surface area contributed by atoms with Crippen molar-refractivity contribution in [3.05, 3.63) is 76.2 Å². The van der Waals surface area contributed by atoms with E-state index in [9.17, 15) is 18.1 Å². The summed E-state index contributed by atoms with van der Waals surface area (Å²) in [6.45, 7) is 0. The van der Waals surface area contributed by atoms with Crippen LogP contribution in [0.15, 0.2) is 53.8 Å². The zero-order valence-corrected chi connectivity index (χ0v) is 17.9. The summed E-state index contributed by atoms with van der Waals surface area (Å²) >= 11 is 19.6. The SMILES string of the molecule is Fc1cnc2ccnc(Cl)c2c1.O=P(Cl)(Cl)Cl.O=c1[nH]ccc2ncc(F)cc12. The predicted octanol–water partition coefficient (Wildman–Crippen LogP) is 6.30. The summed E-state index contributed by atoms with van der Waals surface area (Å²) in [7, 11) is 0. The van der Waals surface area contributed by atoms with Crippen molar-refractivity contribution in [2.24, 2.45) is 0 Å². The normalized spacial score (nSPS) is 10.7. The van der Waals surface area contributed by atoms with Crippen molar-refractivity contribution in [1.82, 2.24) is 19.9 Å². The zero-order chi connectivity index (χ0) is 21.6. The minimum atomic E-state index is -3.22. The molecule has 0 atom stereocenters. The highest BCUT2D eigenvalue weighted by molar-refractivity contribution is 8.24. The number of fused-ring (bicyclic) bond motifs is 2. The molecular weight excluding hydrogens is 491 g/mol. The lowest BCUT2D eigenvalue weighted by molar-refractivity contribution is 0.600. The highest BCUT2D eigenvalue weighted by Crippen LogP contribution is 2.61. The minimum absolute atomic E-state index is 0.275. The second kappa shape index (κ2) is 10.3.